The normalized spacial score (nSPS) is 18.7. The molecule has 0 unspecified atom stereocenters. The van der Waals surface area contributed by atoms with Crippen molar-refractivity contribution in [2.24, 2.45) is 5.73 Å². The molecule has 1 fully saturated rings. The van der Waals surface area contributed by atoms with Gasteiger partial charge in [-0.3, -0.25) is 9.36 Å². The number of methoxy groups -OCH3 is 1. The summed E-state index contributed by atoms with van der Waals surface area (Å²) in [5, 5.41) is 13.8. The average Bonchev–Trinajstić information content (AvgIpc) is 3.23. The molecule has 1 aromatic carbocycles. The van der Waals surface area contributed by atoms with E-state index in [1.54, 1.807) is 17.9 Å². The van der Waals surface area contributed by atoms with E-state index in [1.807, 2.05) is 26.0 Å². The number of carbonyl (C=O) groups is 1. The zero-order chi connectivity index (χ0) is 21.6. The highest BCUT2D eigenvalue weighted by Crippen LogP contribution is 2.36. The SMILES string of the molecule is COc1ccc(C)c(-n2c(N)c(C(N)=O)c3cnc(N[C@H]4CCC[C@@H]4O)nc32)c1C. The number of aliphatic hydroxyl groups excluding tert-OH is 1. The predicted molar refractivity (Wildman–Crippen MR) is 115 cm³/mol. The number of fused-ring (bicyclic) bond motifs is 1. The number of rotatable bonds is 5. The lowest BCUT2D eigenvalue weighted by Crippen LogP contribution is -2.28. The van der Waals surface area contributed by atoms with Crippen LogP contribution in [0, 0.1) is 13.8 Å². The highest BCUT2D eigenvalue weighted by atomic mass is 16.5. The number of nitrogen functional groups attached to an aromatic ring is 1. The van der Waals surface area contributed by atoms with Crippen LogP contribution in [-0.2, 0) is 0 Å². The molecular formula is C21H26N6O3. The van der Waals surface area contributed by atoms with Gasteiger partial charge in [-0.25, -0.2) is 4.98 Å². The first-order valence-electron chi connectivity index (χ1n) is 9.89. The van der Waals surface area contributed by atoms with Crippen molar-refractivity contribution in [3.05, 3.63) is 35.0 Å². The molecule has 4 rings (SSSR count). The molecule has 1 saturated carbocycles. The summed E-state index contributed by atoms with van der Waals surface area (Å²) >= 11 is 0. The van der Waals surface area contributed by atoms with Gasteiger partial charge < -0.3 is 26.6 Å². The van der Waals surface area contributed by atoms with E-state index in [0.717, 1.165) is 36.1 Å². The number of benzene rings is 1. The Morgan fingerprint density at radius 3 is 2.73 bits per heavy atom. The van der Waals surface area contributed by atoms with Gasteiger partial charge in [0.2, 0.25) is 5.95 Å². The number of hydrogen-bond donors (Lipinski definition) is 4. The van der Waals surface area contributed by atoms with Crippen molar-refractivity contribution in [3.8, 4) is 11.4 Å². The van der Waals surface area contributed by atoms with Gasteiger partial charge in [0.05, 0.1) is 35.9 Å². The van der Waals surface area contributed by atoms with Crippen molar-refractivity contribution < 1.29 is 14.6 Å². The Morgan fingerprint density at radius 1 is 1.33 bits per heavy atom. The van der Waals surface area contributed by atoms with Crippen molar-refractivity contribution in [2.75, 3.05) is 18.2 Å². The smallest absolute Gasteiger partial charge is 0.253 e. The second kappa shape index (κ2) is 7.49. The van der Waals surface area contributed by atoms with E-state index in [-0.39, 0.29) is 17.4 Å². The summed E-state index contributed by atoms with van der Waals surface area (Å²) in [7, 11) is 1.60. The van der Waals surface area contributed by atoms with Crippen LogP contribution in [0.3, 0.4) is 0 Å². The van der Waals surface area contributed by atoms with Gasteiger partial charge in [0.25, 0.3) is 5.91 Å². The molecule has 2 heterocycles. The largest absolute Gasteiger partial charge is 0.496 e. The third kappa shape index (κ3) is 3.11. The fourth-order valence-corrected chi connectivity index (χ4v) is 4.30. The number of amides is 1. The van der Waals surface area contributed by atoms with Crippen molar-refractivity contribution in [1.82, 2.24) is 14.5 Å². The standard InChI is InChI=1S/C21H26N6O3/c1-10-7-8-15(30-3)11(2)17(10)27-18(22)16(19(23)29)12-9-24-21(26-20(12)27)25-13-5-4-6-14(13)28/h7-9,13-14,28H,4-6,22H2,1-3H3,(H2,23,29)(H,24,25,26)/t13-,14-/m0/s1. The second-order valence-electron chi connectivity index (χ2n) is 7.70. The summed E-state index contributed by atoms with van der Waals surface area (Å²) in [6, 6.07) is 3.69. The zero-order valence-electron chi connectivity index (χ0n) is 17.3. The number of nitrogens with one attached hydrogen (secondary N) is 1. The van der Waals surface area contributed by atoms with E-state index < -0.39 is 12.0 Å². The zero-order valence-corrected chi connectivity index (χ0v) is 17.3. The minimum Gasteiger partial charge on any atom is -0.496 e. The van der Waals surface area contributed by atoms with E-state index in [0.29, 0.717) is 22.7 Å². The number of nitrogens with zero attached hydrogens (tertiary/aromatic N) is 3. The fourth-order valence-electron chi connectivity index (χ4n) is 4.30. The molecule has 0 bridgehead atoms. The monoisotopic (exact) mass is 410 g/mol. The third-order valence-electron chi connectivity index (χ3n) is 5.81. The number of aliphatic hydroxyl groups is 1. The van der Waals surface area contributed by atoms with Crippen molar-refractivity contribution in [2.45, 2.75) is 45.3 Å². The van der Waals surface area contributed by atoms with Crippen LogP contribution in [-0.4, -0.2) is 44.8 Å². The van der Waals surface area contributed by atoms with Gasteiger partial charge in [-0.15, -0.1) is 0 Å². The second-order valence-corrected chi connectivity index (χ2v) is 7.70. The number of ether oxygens (including phenoxy) is 1. The Morgan fingerprint density at radius 2 is 2.10 bits per heavy atom. The van der Waals surface area contributed by atoms with Crippen LogP contribution in [0.4, 0.5) is 11.8 Å². The molecule has 9 nitrogen and oxygen atoms in total. The lowest BCUT2D eigenvalue weighted by atomic mass is 10.1. The van der Waals surface area contributed by atoms with E-state index >= 15 is 0 Å². The van der Waals surface area contributed by atoms with Gasteiger partial charge >= 0.3 is 0 Å². The average molecular weight is 410 g/mol. The maximum atomic E-state index is 12.2. The van der Waals surface area contributed by atoms with Crippen LogP contribution >= 0.6 is 0 Å². The van der Waals surface area contributed by atoms with Crippen LogP contribution in [0.15, 0.2) is 18.3 Å². The third-order valence-corrected chi connectivity index (χ3v) is 5.81. The lowest BCUT2D eigenvalue weighted by molar-refractivity contribution is 0.100. The number of aromatic nitrogens is 3. The molecule has 158 valence electrons. The van der Waals surface area contributed by atoms with Crippen LogP contribution in [0.25, 0.3) is 16.7 Å². The summed E-state index contributed by atoms with van der Waals surface area (Å²) < 4.78 is 7.20. The molecule has 3 aromatic rings. The molecule has 0 saturated heterocycles. The Balaban J connectivity index is 1.95. The van der Waals surface area contributed by atoms with Crippen LogP contribution in [0.5, 0.6) is 5.75 Å². The Hall–Kier alpha value is -3.33. The van der Waals surface area contributed by atoms with Crippen LogP contribution in [0.1, 0.15) is 40.7 Å². The lowest BCUT2D eigenvalue weighted by Gasteiger charge is -2.18. The van der Waals surface area contributed by atoms with E-state index in [1.165, 1.54) is 0 Å². The molecule has 0 radical (unpaired) electrons. The van der Waals surface area contributed by atoms with Gasteiger partial charge in [-0.1, -0.05) is 6.07 Å². The van der Waals surface area contributed by atoms with Crippen molar-refractivity contribution in [3.63, 3.8) is 0 Å². The highest BCUT2D eigenvalue weighted by Gasteiger charge is 2.28. The first-order chi connectivity index (χ1) is 14.3. The Kier molecular flexibility index (Phi) is 4.98. The number of carbonyl (C=O) groups excluding carboxylic acids is 1. The summed E-state index contributed by atoms with van der Waals surface area (Å²) in [4.78, 5) is 21.2. The van der Waals surface area contributed by atoms with Gasteiger partial charge in [0, 0.05) is 11.8 Å². The van der Waals surface area contributed by atoms with Gasteiger partial charge in [0.15, 0.2) is 5.65 Å². The maximum Gasteiger partial charge on any atom is 0.253 e. The van der Waals surface area contributed by atoms with Gasteiger partial charge in [-0.05, 0) is 44.7 Å². The quantitative estimate of drug-likeness (QED) is 0.504. The Bertz CT molecular complexity index is 1140. The predicted octanol–water partition coefficient (Wildman–Crippen LogP) is 2.05. The van der Waals surface area contributed by atoms with Crippen molar-refractivity contribution >= 4 is 28.7 Å². The highest BCUT2D eigenvalue weighted by molar-refractivity contribution is 6.10. The molecule has 30 heavy (non-hydrogen) atoms. The molecule has 1 amide bonds. The first-order valence-corrected chi connectivity index (χ1v) is 9.89. The summed E-state index contributed by atoms with van der Waals surface area (Å²) in [5.74, 6) is 0.606. The number of anilines is 2. The summed E-state index contributed by atoms with van der Waals surface area (Å²) in [5.41, 5.74) is 15.3. The number of hydrogen-bond acceptors (Lipinski definition) is 7. The number of aryl methyl sites for hydroxylation is 1. The topological polar surface area (TPSA) is 141 Å². The molecule has 9 heteroatoms. The maximum absolute atomic E-state index is 12.2. The summed E-state index contributed by atoms with van der Waals surface area (Å²) in [6.07, 6.45) is 3.64. The molecule has 2 atom stereocenters. The molecule has 1 aliphatic rings. The minimum atomic E-state index is -0.648. The Labute approximate surface area is 174 Å². The minimum absolute atomic E-state index is 0.112. The molecule has 1 aliphatic carbocycles. The van der Waals surface area contributed by atoms with Crippen LogP contribution < -0.4 is 21.5 Å². The molecule has 0 spiro atoms. The molecule has 2 aromatic heterocycles. The molecular weight excluding hydrogens is 384 g/mol. The molecule has 6 N–H and O–H groups in total. The van der Waals surface area contributed by atoms with Crippen LogP contribution in [0.2, 0.25) is 0 Å². The van der Waals surface area contributed by atoms with E-state index in [9.17, 15) is 9.90 Å². The number of primary amides is 1. The fraction of sp³-hybridized carbons (Fsp3) is 0.381. The summed E-state index contributed by atoms with van der Waals surface area (Å²) in [6.45, 7) is 3.87. The van der Waals surface area contributed by atoms with Gasteiger partial charge in [0.1, 0.15) is 11.6 Å². The van der Waals surface area contributed by atoms with E-state index in [4.69, 9.17) is 16.2 Å². The van der Waals surface area contributed by atoms with Crippen molar-refractivity contribution in [1.29, 1.82) is 0 Å². The van der Waals surface area contributed by atoms with Gasteiger partial charge in [-0.2, -0.15) is 4.98 Å². The molecule has 0 aliphatic heterocycles. The van der Waals surface area contributed by atoms with E-state index in [2.05, 4.69) is 15.3 Å². The first kappa shape index (κ1) is 20.0. The number of nitrogens with two attached hydrogens (primary N) is 2.